The quantitative estimate of drug-likeness (QED) is 0.788. The summed E-state index contributed by atoms with van der Waals surface area (Å²) in [5, 5.41) is 8.16. The molecule has 2 rings (SSSR count). The summed E-state index contributed by atoms with van der Waals surface area (Å²) in [5.74, 6) is 2.66. The molecule has 0 aliphatic carbocycles. The van der Waals surface area contributed by atoms with E-state index in [0.29, 0.717) is 6.54 Å². The first-order chi connectivity index (χ1) is 9.51. The lowest BCUT2D eigenvalue weighted by molar-refractivity contribution is 0.773. The van der Waals surface area contributed by atoms with Crippen molar-refractivity contribution >= 4 is 23.0 Å². The number of nitrogens with one attached hydrogen (secondary N) is 3. The number of aromatic amines is 1. The minimum atomic E-state index is -0.0417. The van der Waals surface area contributed by atoms with E-state index in [-0.39, 0.29) is 10.8 Å². The van der Waals surface area contributed by atoms with E-state index in [9.17, 15) is 4.79 Å². The van der Waals surface area contributed by atoms with Crippen LogP contribution in [0.4, 0.5) is 11.6 Å². The van der Waals surface area contributed by atoms with Crippen LogP contribution in [-0.2, 0) is 6.54 Å². The van der Waals surface area contributed by atoms with Gasteiger partial charge in [-0.15, -0.1) is 0 Å². The first-order valence-corrected chi connectivity index (χ1v) is 7.36. The van der Waals surface area contributed by atoms with Crippen molar-refractivity contribution in [1.29, 1.82) is 0 Å². The molecule has 2 heterocycles. The summed E-state index contributed by atoms with van der Waals surface area (Å²) in [6.07, 6.45) is 0. The second kappa shape index (κ2) is 6.04. The Morgan fingerprint density at radius 1 is 1.35 bits per heavy atom. The third-order valence-corrected chi connectivity index (χ3v) is 3.65. The zero-order chi connectivity index (χ0) is 14.7. The zero-order valence-corrected chi connectivity index (χ0v) is 12.9. The van der Waals surface area contributed by atoms with Gasteiger partial charge in [-0.25, -0.2) is 9.97 Å². The maximum absolute atomic E-state index is 11.1. The van der Waals surface area contributed by atoms with Crippen LogP contribution in [0, 0.1) is 6.92 Å². The van der Waals surface area contributed by atoms with Gasteiger partial charge in [-0.2, -0.15) is 0 Å². The van der Waals surface area contributed by atoms with Gasteiger partial charge in [0.2, 0.25) is 0 Å². The predicted molar refractivity (Wildman–Crippen MR) is 82.7 cm³/mol. The molecule has 0 bridgehead atoms. The van der Waals surface area contributed by atoms with Crippen LogP contribution in [0.25, 0.3) is 0 Å². The summed E-state index contributed by atoms with van der Waals surface area (Å²) in [5.41, 5.74) is 1.82. The Kier molecular flexibility index (Phi) is 4.39. The van der Waals surface area contributed by atoms with Crippen LogP contribution in [0.2, 0.25) is 0 Å². The molecule has 0 amide bonds. The van der Waals surface area contributed by atoms with E-state index in [0.717, 1.165) is 40.1 Å². The Morgan fingerprint density at radius 2 is 2.05 bits per heavy atom. The standard InChI is InChI=1S/C13H19N5OS/c1-7(2)10-17-11(14-4)8(3)12(18-10)15-5-9-6-20-13(19)16-9/h6-7H,5H2,1-4H3,(H,16,19)(H2,14,15,17,18). The molecule has 6 nitrogen and oxygen atoms in total. The largest absolute Gasteiger partial charge is 0.373 e. The van der Waals surface area contributed by atoms with E-state index >= 15 is 0 Å². The summed E-state index contributed by atoms with van der Waals surface area (Å²) in [4.78, 5) is 22.9. The Labute approximate surface area is 121 Å². The van der Waals surface area contributed by atoms with Gasteiger partial charge < -0.3 is 15.6 Å². The van der Waals surface area contributed by atoms with Crippen LogP contribution in [-0.4, -0.2) is 22.0 Å². The lowest BCUT2D eigenvalue weighted by atomic mass is 10.2. The van der Waals surface area contributed by atoms with Crippen molar-refractivity contribution in [2.24, 2.45) is 0 Å². The molecular formula is C13H19N5OS. The average Bonchev–Trinajstić information content (AvgIpc) is 2.83. The second-order valence-corrected chi connectivity index (χ2v) is 5.68. The predicted octanol–water partition coefficient (Wildman–Crippen LogP) is 2.31. The van der Waals surface area contributed by atoms with Gasteiger partial charge in [-0.05, 0) is 6.92 Å². The third-order valence-electron chi connectivity index (χ3n) is 2.93. The lowest BCUT2D eigenvalue weighted by Gasteiger charge is -2.14. The van der Waals surface area contributed by atoms with Crippen LogP contribution in [0.3, 0.4) is 0 Å². The molecule has 0 aliphatic rings. The Balaban J connectivity index is 2.25. The SMILES string of the molecule is CNc1nc(C(C)C)nc(NCc2csc(=O)[nH]2)c1C. The van der Waals surface area contributed by atoms with Crippen LogP contribution in [0.5, 0.6) is 0 Å². The number of hydrogen-bond acceptors (Lipinski definition) is 6. The fourth-order valence-corrected chi connectivity index (χ4v) is 2.37. The summed E-state index contributed by atoms with van der Waals surface area (Å²) >= 11 is 1.16. The molecule has 2 aromatic heterocycles. The van der Waals surface area contributed by atoms with Gasteiger partial charge in [0.05, 0.1) is 6.54 Å². The van der Waals surface area contributed by atoms with Gasteiger partial charge in [-0.3, -0.25) is 4.79 Å². The number of thiazole rings is 1. The Morgan fingerprint density at radius 3 is 2.60 bits per heavy atom. The molecule has 20 heavy (non-hydrogen) atoms. The van der Waals surface area contributed by atoms with Crippen LogP contribution in [0.1, 0.15) is 36.8 Å². The molecule has 7 heteroatoms. The highest BCUT2D eigenvalue weighted by molar-refractivity contribution is 7.07. The lowest BCUT2D eigenvalue weighted by Crippen LogP contribution is -2.11. The van der Waals surface area contributed by atoms with E-state index in [1.165, 1.54) is 0 Å². The zero-order valence-electron chi connectivity index (χ0n) is 12.1. The number of H-pyrrole nitrogens is 1. The van der Waals surface area contributed by atoms with Gasteiger partial charge in [0.25, 0.3) is 0 Å². The second-order valence-electron chi connectivity index (χ2n) is 4.84. The fourth-order valence-electron chi connectivity index (χ4n) is 1.79. The van der Waals surface area contributed by atoms with E-state index in [2.05, 4.69) is 39.4 Å². The summed E-state index contributed by atoms with van der Waals surface area (Å²) in [6.45, 7) is 6.63. The molecule has 0 unspecified atom stereocenters. The van der Waals surface area contributed by atoms with Crippen LogP contribution < -0.4 is 15.5 Å². The highest BCUT2D eigenvalue weighted by Gasteiger charge is 2.12. The first-order valence-electron chi connectivity index (χ1n) is 6.48. The molecule has 2 aromatic rings. The van der Waals surface area contributed by atoms with Crippen LogP contribution in [0.15, 0.2) is 10.2 Å². The van der Waals surface area contributed by atoms with Gasteiger partial charge in [-0.1, -0.05) is 25.2 Å². The normalized spacial score (nSPS) is 10.8. The van der Waals surface area contributed by atoms with Gasteiger partial charge in [0.15, 0.2) is 0 Å². The minimum Gasteiger partial charge on any atom is -0.373 e. The molecule has 0 atom stereocenters. The number of aromatic nitrogens is 3. The third kappa shape index (κ3) is 3.16. The number of rotatable bonds is 5. The van der Waals surface area contributed by atoms with Crippen molar-refractivity contribution in [2.75, 3.05) is 17.7 Å². The van der Waals surface area contributed by atoms with Gasteiger partial charge in [0, 0.05) is 29.6 Å². The van der Waals surface area contributed by atoms with Crippen molar-refractivity contribution in [3.8, 4) is 0 Å². The number of anilines is 2. The average molecular weight is 293 g/mol. The molecule has 3 N–H and O–H groups in total. The molecule has 0 fully saturated rings. The maximum atomic E-state index is 11.1. The van der Waals surface area contributed by atoms with Crippen LogP contribution >= 0.6 is 11.3 Å². The molecule has 108 valence electrons. The van der Waals surface area contributed by atoms with Crippen molar-refractivity contribution < 1.29 is 0 Å². The summed E-state index contributed by atoms with van der Waals surface area (Å²) < 4.78 is 0. The van der Waals surface area contributed by atoms with Gasteiger partial charge >= 0.3 is 4.87 Å². The molecule has 0 aliphatic heterocycles. The fraction of sp³-hybridized carbons (Fsp3) is 0.462. The Bertz CT molecular complexity index is 646. The van der Waals surface area contributed by atoms with E-state index < -0.39 is 0 Å². The molecule has 0 aromatic carbocycles. The van der Waals surface area contributed by atoms with Crippen molar-refractivity contribution in [1.82, 2.24) is 15.0 Å². The summed E-state index contributed by atoms with van der Waals surface area (Å²) in [7, 11) is 1.85. The van der Waals surface area contributed by atoms with Gasteiger partial charge in [0.1, 0.15) is 17.5 Å². The molecule has 0 saturated heterocycles. The maximum Gasteiger partial charge on any atom is 0.304 e. The number of nitrogens with zero attached hydrogens (tertiary/aromatic N) is 2. The Hall–Kier alpha value is -1.89. The molecule has 0 spiro atoms. The summed E-state index contributed by atoms with van der Waals surface area (Å²) in [6, 6.07) is 0. The monoisotopic (exact) mass is 293 g/mol. The highest BCUT2D eigenvalue weighted by Crippen LogP contribution is 2.23. The van der Waals surface area contributed by atoms with Crippen molar-refractivity contribution in [2.45, 2.75) is 33.2 Å². The smallest absolute Gasteiger partial charge is 0.304 e. The van der Waals surface area contributed by atoms with Crippen molar-refractivity contribution in [3.63, 3.8) is 0 Å². The highest BCUT2D eigenvalue weighted by atomic mass is 32.1. The molecule has 0 saturated carbocycles. The number of hydrogen-bond donors (Lipinski definition) is 3. The van der Waals surface area contributed by atoms with E-state index in [1.54, 1.807) is 0 Å². The van der Waals surface area contributed by atoms with Crippen molar-refractivity contribution in [3.05, 3.63) is 32.1 Å². The topological polar surface area (TPSA) is 82.7 Å². The molecule has 0 radical (unpaired) electrons. The first kappa shape index (κ1) is 14.5. The van der Waals surface area contributed by atoms with E-state index in [4.69, 9.17) is 0 Å². The molecular weight excluding hydrogens is 274 g/mol. The minimum absolute atomic E-state index is 0.0417. The van der Waals surface area contributed by atoms with E-state index in [1.807, 2.05) is 19.4 Å².